The van der Waals surface area contributed by atoms with Crippen molar-refractivity contribution >= 4 is 6.16 Å². The van der Waals surface area contributed by atoms with Gasteiger partial charge >= 0.3 is 6.16 Å². The first-order valence-electron chi connectivity index (χ1n) is 6.14. The molecule has 2 N–H and O–H groups in total. The molecular formula is C17H16O3. The highest BCUT2D eigenvalue weighted by Gasteiger charge is 1.87. The minimum Gasteiger partial charge on any atom is -0.450 e. The molecule has 3 heteroatoms. The maximum Gasteiger partial charge on any atom is 0.503 e. The lowest BCUT2D eigenvalue weighted by atomic mass is 10.1. The summed E-state index contributed by atoms with van der Waals surface area (Å²) < 4.78 is 0. The van der Waals surface area contributed by atoms with Crippen molar-refractivity contribution in [2.75, 3.05) is 0 Å². The first kappa shape index (κ1) is 15.3. The van der Waals surface area contributed by atoms with Gasteiger partial charge in [-0.1, -0.05) is 72.5 Å². The largest absolute Gasteiger partial charge is 0.503 e. The molecule has 0 aliphatic rings. The number of benzene rings is 2. The fourth-order valence-electron chi connectivity index (χ4n) is 1.52. The summed E-state index contributed by atoms with van der Waals surface area (Å²) in [6, 6.07) is 20.7. The van der Waals surface area contributed by atoms with Crippen molar-refractivity contribution < 1.29 is 15.0 Å². The van der Waals surface area contributed by atoms with Gasteiger partial charge in [-0.05, 0) is 11.1 Å². The normalized spacial score (nSPS) is 8.60. The summed E-state index contributed by atoms with van der Waals surface area (Å²) in [6.45, 7) is 0. The second-order valence-electron chi connectivity index (χ2n) is 3.96. The third-order valence-electron chi connectivity index (χ3n) is 2.40. The second kappa shape index (κ2) is 9.23. The monoisotopic (exact) mass is 268 g/mol. The third kappa shape index (κ3) is 7.57. The Morgan fingerprint density at radius 1 is 0.750 bits per heavy atom. The average Bonchev–Trinajstić information content (AvgIpc) is 2.45. The van der Waals surface area contributed by atoms with E-state index in [1.807, 2.05) is 36.4 Å². The highest BCUT2D eigenvalue weighted by Crippen LogP contribution is 2.00. The van der Waals surface area contributed by atoms with E-state index in [-0.39, 0.29) is 0 Å². The van der Waals surface area contributed by atoms with Crippen molar-refractivity contribution in [2.45, 2.75) is 12.8 Å². The molecule has 2 aromatic carbocycles. The van der Waals surface area contributed by atoms with E-state index in [9.17, 15) is 0 Å². The zero-order valence-corrected chi connectivity index (χ0v) is 11.0. The van der Waals surface area contributed by atoms with E-state index in [1.165, 1.54) is 11.1 Å². The maximum absolute atomic E-state index is 8.56. The minimum atomic E-state index is -1.83. The van der Waals surface area contributed by atoms with Crippen LogP contribution in [0.4, 0.5) is 4.79 Å². The van der Waals surface area contributed by atoms with E-state index < -0.39 is 6.16 Å². The Hall–Kier alpha value is -2.73. The van der Waals surface area contributed by atoms with Gasteiger partial charge in [0.05, 0.1) is 0 Å². The second-order valence-corrected chi connectivity index (χ2v) is 3.96. The van der Waals surface area contributed by atoms with Crippen molar-refractivity contribution in [1.29, 1.82) is 0 Å². The summed E-state index contributed by atoms with van der Waals surface area (Å²) in [7, 11) is 0. The number of carboxylic acid groups (broad SMARTS) is 2. The Bertz CT molecular complexity index is 516. The van der Waals surface area contributed by atoms with Crippen LogP contribution in [0.5, 0.6) is 0 Å². The molecule has 2 rings (SSSR count). The molecule has 0 bridgehead atoms. The van der Waals surface area contributed by atoms with Crippen LogP contribution >= 0.6 is 0 Å². The van der Waals surface area contributed by atoms with Crippen LogP contribution in [0.15, 0.2) is 60.7 Å². The molecule has 0 unspecified atom stereocenters. The first-order chi connectivity index (χ1) is 9.68. The molecule has 0 spiro atoms. The fourth-order valence-corrected chi connectivity index (χ4v) is 1.52. The Morgan fingerprint density at radius 3 is 1.35 bits per heavy atom. The summed E-state index contributed by atoms with van der Waals surface area (Å²) in [5.74, 6) is 6.40. The van der Waals surface area contributed by atoms with Crippen molar-refractivity contribution in [3.63, 3.8) is 0 Å². The molecule has 0 radical (unpaired) electrons. The molecule has 20 heavy (non-hydrogen) atoms. The van der Waals surface area contributed by atoms with Crippen LogP contribution in [-0.2, 0) is 12.8 Å². The van der Waals surface area contributed by atoms with Gasteiger partial charge in [0, 0.05) is 12.8 Å². The molecule has 0 saturated carbocycles. The molecule has 0 aliphatic heterocycles. The van der Waals surface area contributed by atoms with Crippen molar-refractivity contribution in [3.05, 3.63) is 71.8 Å². The van der Waals surface area contributed by atoms with Gasteiger partial charge < -0.3 is 10.2 Å². The predicted molar refractivity (Wildman–Crippen MR) is 78.7 cm³/mol. The quantitative estimate of drug-likeness (QED) is 0.816. The molecule has 0 aromatic heterocycles. The van der Waals surface area contributed by atoms with Crippen molar-refractivity contribution in [3.8, 4) is 11.8 Å². The van der Waals surface area contributed by atoms with Gasteiger partial charge in [-0.2, -0.15) is 0 Å². The summed E-state index contributed by atoms with van der Waals surface area (Å²) in [5, 5.41) is 13.9. The van der Waals surface area contributed by atoms with Gasteiger partial charge in [0.2, 0.25) is 0 Å². The smallest absolute Gasteiger partial charge is 0.450 e. The van der Waals surface area contributed by atoms with Gasteiger partial charge in [-0.15, -0.1) is 0 Å². The van der Waals surface area contributed by atoms with E-state index in [1.54, 1.807) is 0 Å². The van der Waals surface area contributed by atoms with E-state index >= 15 is 0 Å². The van der Waals surface area contributed by atoms with Gasteiger partial charge in [-0.3, -0.25) is 0 Å². The number of carbonyl (C=O) groups is 1. The lowest BCUT2D eigenvalue weighted by Crippen LogP contribution is -1.82. The molecule has 2 aromatic rings. The van der Waals surface area contributed by atoms with Crippen LogP contribution in [0.3, 0.4) is 0 Å². The van der Waals surface area contributed by atoms with Gasteiger partial charge in [0.15, 0.2) is 0 Å². The van der Waals surface area contributed by atoms with E-state index in [0.717, 1.165) is 12.8 Å². The van der Waals surface area contributed by atoms with Gasteiger partial charge in [0.1, 0.15) is 0 Å². The number of hydrogen-bond donors (Lipinski definition) is 2. The summed E-state index contributed by atoms with van der Waals surface area (Å²) in [6.07, 6.45) is -0.151. The van der Waals surface area contributed by atoms with Gasteiger partial charge in [0.25, 0.3) is 0 Å². The molecule has 0 aliphatic carbocycles. The number of rotatable bonds is 2. The van der Waals surface area contributed by atoms with E-state index in [0.29, 0.717) is 0 Å². The lowest BCUT2D eigenvalue weighted by molar-refractivity contribution is 0.137. The van der Waals surface area contributed by atoms with Crippen LogP contribution in [0.2, 0.25) is 0 Å². The molecule has 0 amide bonds. The first-order valence-corrected chi connectivity index (χ1v) is 6.14. The SMILES string of the molecule is C(#CCc1ccccc1)Cc1ccccc1.O=C(O)O. The van der Waals surface area contributed by atoms with E-state index in [2.05, 4.69) is 36.1 Å². The summed E-state index contributed by atoms with van der Waals surface area (Å²) >= 11 is 0. The summed E-state index contributed by atoms with van der Waals surface area (Å²) in [4.78, 5) is 8.56. The third-order valence-corrected chi connectivity index (χ3v) is 2.40. The summed E-state index contributed by atoms with van der Waals surface area (Å²) in [5.41, 5.74) is 2.56. The Labute approximate surface area is 118 Å². The Kier molecular flexibility index (Phi) is 7.08. The minimum absolute atomic E-state index is 0.841. The maximum atomic E-state index is 8.56. The zero-order chi connectivity index (χ0) is 14.6. The predicted octanol–water partition coefficient (Wildman–Crippen LogP) is 3.70. The molecule has 0 saturated heterocycles. The topological polar surface area (TPSA) is 57.5 Å². The number of hydrogen-bond acceptors (Lipinski definition) is 1. The van der Waals surface area contributed by atoms with E-state index in [4.69, 9.17) is 15.0 Å². The van der Waals surface area contributed by atoms with Crippen LogP contribution < -0.4 is 0 Å². The van der Waals surface area contributed by atoms with Crippen LogP contribution in [0, 0.1) is 11.8 Å². The Morgan fingerprint density at radius 2 is 1.05 bits per heavy atom. The fraction of sp³-hybridized carbons (Fsp3) is 0.118. The molecule has 0 atom stereocenters. The zero-order valence-electron chi connectivity index (χ0n) is 11.0. The molecule has 3 nitrogen and oxygen atoms in total. The van der Waals surface area contributed by atoms with Crippen LogP contribution in [0.1, 0.15) is 11.1 Å². The molecule has 0 heterocycles. The highest BCUT2D eigenvalue weighted by molar-refractivity contribution is 5.53. The van der Waals surface area contributed by atoms with Gasteiger partial charge in [-0.25, -0.2) is 4.79 Å². The molecule has 102 valence electrons. The van der Waals surface area contributed by atoms with Crippen LogP contribution in [-0.4, -0.2) is 16.4 Å². The average molecular weight is 268 g/mol. The van der Waals surface area contributed by atoms with Crippen LogP contribution in [0.25, 0.3) is 0 Å². The lowest BCUT2D eigenvalue weighted by Gasteiger charge is -1.93. The Balaban J connectivity index is 0.000000444. The van der Waals surface area contributed by atoms with Crippen molar-refractivity contribution in [2.24, 2.45) is 0 Å². The molecule has 0 fully saturated rings. The highest BCUT2D eigenvalue weighted by atomic mass is 16.6. The van der Waals surface area contributed by atoms with Crippen molar-refractivity contribution in [1.82, 2.24) is 0 Å². The standard InChI is InChI=1S/C16H14.CH2O3/c1-3-9-15(10-4-1)13-7-8-14-16-11-5-2-6-12-16;2-1(3)4/h1-6,9-12H,13-14H2;(H2,2,3,4). The molecular weight excluding hydrogens is 252 g/mol.